The average Bonchev–Trinajstić information content (AvgIpc) is 4.00. The maximum absolute atomic E-state index is 15.1. The zero-order chi connectivity index (χ0) is 41.8. The summed E-state index contributed by atoms with van der Waals surface area (Å²) in [5.41, 5.74) is -2.01. The molecule has 1 aromatic carbocycles. The molecule has 1 aromatic heterocycles. The molecule has 3 heterocycles. The molecule has 312 valence electrons. The number of benzene rings is 1. The molecule has 3 N–H and O–H groups in total. The van der Waals surface area contributed by atoms with Crippen molar-refractivity contribution in [1.29, 1.82) is 0 Å². The largest absolute Gasteiger partial charge is 0.497 e. The first-order valence-corrected chi connectivity index (χ1v) is 21.2. The molecule has 2 aliphatic carbocycles. The number of amides is 4. The van der Waals surface area contributed by atoms with Crippen LogP contribution in [0.15, 0.2) is 30.4 Å². The Balaban J connectivity index is 1.42. The van der Waals surface area contributed by atoms with Gasteiger partial charge in [-0.25, -0.2) is 18.2 Å². The molecule has 6 rings (SSSR count). The van der Waals surface area contributed by atoms with Gasteiger partial charge in [0.15, 0.2) is 0 Å². The summed E-state index contributed by atoms with van der Waals surface area (Å²) in [7, 11) is 1.09. The maximum atomic E-state index is 15.1. The molecule has 7 atom stereocenters. The summed E-state index contributed by atoms with van der Waals surface area (Å²) in [6.07, 6.45) is 4.63. The van der Waals surface area contributed by atoms with Crippen molar-refractivity contribution in [2.75, 3.05) is 32.6 Å². The Bertz CT molecular complexity index is 2060. The topological polar surface area (TPSA) is 201 Å². The van der Waals surface area contributed by atoms with E-state index in [1.54, 1.807) is 72.0 Å². The quantitative estimate of drug-likeness (QED) is 0.323. The molecule has 4 aliphatic rings. The smallest absolute Gasteiger partial charge is 0.408 e. The summed E-state index contributed by atoms with van der Waals surface area (Å²) in [5, 5.41) is 14.1. The summed E-state index contributed by atoms with van der Waals surface area (Å²) in [6, 6.07) is 2.90. The van der Waals surface area contributed by atoms with Crippen LogP contribution in [0.25, 0.3) is 10.9 Å². The van der Waals surface area contributed by atoms with Gasteiger partial charge in [-0.3, -0.25) is 24.0 Å². The molecule has 17 heteroatoms. The molecule has 0 spiro atoms. The highest BCUT2D eigenvalue weighted by molar-refractivity contribution is 7.91. The number of methoxy groups -OCH3 is 1. The third-order valence-electron chi connectivity index (χ3n) is 11.9. The Morgan fingerprint density at radius 3 is 2.42 bits per heavy atom. The second kappa shape index (κ2) is 15.3. The van der Waals surface area contributed by atoms with Gasteiger partial charge in [-0.15, -0.1) is 0 Å². The summed E-state index contributed by atoms with van der Waals surface area (Å²) in [4.78, 5) is 70.4. The number of allylic oxidation sites excluding steroid dienone is 1. The third-order valence-corrected chi connectivity index (χ3v) is 14.1. The Morgan fingerprint density at radius 1 is 1.11 bits per heavy atom. The van der Waals surface area contributed by atoms with Gasteiger partial charge < -0.3 is 29.7 Å². The van der Waals surface area contributed by atoms with Gasteiger partial charge in [0.1, 0.15) is 29.5 Å². The number of nitrogens with one attached hydrogen (secondary N) is 2. The van der Waals surface area contributed by atoms with Gasteiger partial charge in [0.2, 0.25) is 33.7 Å². The van der Waals surface area contributed by atoms with Crippen molar-refractivity contribution < 1.29 is 42.2 Å². The molecular formula is C40H57N7O9S. The third kappa shape index (κ3) is 8.35. The zero-order valence-corrected chi connectivity index (χ0v) is 35.2. The Labute approximate surface area is 334 Å². The molecule has 4 amide bonds. The molecule has 0 unspecified atom stereocenters. The number of hydrogen-bond acceptors (Lipinski definition) is 11. The first-order chi connectivity index (χ1) is 26.6. The molecule has 57 heavy (non-hydrogen) atoms. The van der Waals surface area contributed by atoms with Crippen molar-refractivity contribution in [2.45, 2.75) is 121 Å². The zero-order valence-electron chi connectivity index (χ0n) is 34.4. The molecular weight excluding hydrogens is 755 g/mol. The van der Waals surface area contributed by atoms with Crippen molar-refractivity contribution in [3.63, 3.8) is 0 Å². The van der Waals surface area contributed by atoms with E-state index in [0.29, 0.717) is 48.3 Å². The normalized spacial score (nSPS) is 28.9. The second-order valence-electron chi connectivity index (χ2n) is 17.8. The van der Waals surface area contributed by atoms with Crippen molar-refractivity contribution in [1.82, 2.24) is 29.8 Å². The number of anilines is 1. The van der Waals surface area contributed by atoms with Crippen LogP contribution >= 0.6 is 0 Å². The van der Waals surface area contributed by atoms with E-state index in [2.05, 4.69) is 26.9 Å². The Hall–Kier alpha value is -4.67. The predicted octanol–water partition coefficient (Wildman–Crippen LogP) is 4.09. The molecule has 2 aromatic rings. The number of aromatic nitrogens is 2. The minimum Gasteiger partial charge on any atom is -0.497 e. The molecule has 3 fully saturated rings. The van der Waals surface area contributed by atoms with Crippen LogP contribution in [0.2, 0.25) is 0 Å². The van der Waals surface area contributed by atoms with E-state index in [1.807, 2.05) is 19.1 Å². The minimum absolute atomic E-state index is 0.0226. The van der Waals surface area contributed by atoms with Gasteiger partial charge in [-0.1, -0.05) is 26.0 Å². The van der Waals surface area contributed by atoms with E-state index in [0.717, 1.165) is 6.42 Å². The number of hydrogen-bond donors (Lipinski definition) is 3. The number of sulfonamides is 1. The van der Waals surface area contributed by atoms with Gasteiger partial charge in [-0.05, 0) is 90.2 Å². The molecule has 0 radical (unpaired) electrons. The highest BCUT2D eigenvalue weighted by Gasteiger charge is 2.63. The summed E-state index contributed by atoms with van der Waals surface area (Å²) >= 11 is 0. The van der Waals surface area contributed by atoms with E-state index in [1.165, 1.54) is 9.80 Å². The second-order valence-corrected chi connectivity index (χ2v) is 20.0. The number of nitrogens with zero attached hydrogens (tertiary/aromatic N) is 5. The van der Waals surface area contributed by atoms with Crippen molar-refractivity contribution in [3.05, 3.63) is 30.4 Å². The molecule has 16 nitrogen and oxygen atoms in total. The first kappa shape index (κ1) is 41.9. The fourth-order valence-electron chi connectivity index (χ4n) is 8.21. The molecule has 2 aliphatic heterocycles. The van der Waals surface area contributed by atoms with Gasteiger partial charge in [0.25, 0.3) is 5.91 Å². The van der Waals surface area contributed by atoms with E-state index >= 15 is 4.79 Å². The van der Waals surface area contributed by atoms with Gasteiger partial charge in [-0.2, -0.15) is 4.98 Å². The van der Waals surface area contributed by atoms with Crippen LogP contribution in [0.5, 0.6) is 11.6 Å². The number of fused-ring (bicyclic) bond motifs is 3. The fourth-order valence-corrected chi connectivity index (χ4v) is 9.52. The lowest BCUT2D eigenvalue weighted by Crippen LogP contribution is -2.62. The maximum Gasteiger partial charge on any atom is 0.408 e. The molecule has 2 saturated carbocycles. The summed E-state index contributed by atoms with van der Waals surface area (Å²) in [5.74, 6) is -1.74. The minimum atomic E-state index is -4.03. The van der Waals surface area contributed by atoms with E-state index < -0.39 is 79.7 Å². The Morgan fingerprint density at radius 2 is 1.81 bits per heavy atom. The highest BCUT2D eigenvalue weighted by atomic mass is 32.2. The number of carboxylic acid groups (broad SMARTS) is 1. The number of carbonyl (C=O) groups excluding carboxylic acids is 3. The van der Waals surface area contributed by atoms with Crippen molar-refractivity contribution in [3.8, 4) is 11.6 Å². The highest BCUT2D eigenvalue weighted by Crippen LogP contribution is 2.48. The van der Waals surface area contributed by atoms with Crippen LogP contribution in [0.4, 0.5) is 10.7 Å². The standard InChI is InChI=1S/C40H57N7O9S/c1-23-12-10-11-13-25-21-40(25,35(50)44-57(53,54)39(6)16-17-39)43-32(48)30-20-27(22-46(30)34(49)31(24(2)18-23)47(37(51)52)38(3,4)5)56-33-28-15-14-26(55-9)19-29(28)41-36(42-33)45(7)8/h11,13-15,19,23-25,27,30-31H,10,12,16-18,20-22H2,1-9H3,(H,43,48)(H,44,50)(H,51,52)/t23-,24+,25+,27+,30-,31-,40+/m0/s1. The monoisotopic (exact) mass is 811 g/mol. The lowest BCUT2D eigenvalue weighted by molar-refractivity contribution is -0.146. The van der Waals surface area contributed by atoms with Crippen LogP contribution in [-0.2, 0) is 24.4 Å². The molecule has 0 bridgehead atoms. The lowest BCUT2D eigenvalue weighted by Gasteiger charge is -2.43. The average molecular weight is 812 g/mol. The molecule has 1 saturated heterocycles. The Kier molecular flexibility index (Phi) is 11.2. The predicted molar refractivity (Wildman–Crippen MR) is 213 cm³/mol. The van der Waals surface area contributed by atoms with E-state index in [-0.39, 0.29) is 31.2 Å². The fraction of sp³-hybridized carbons (Fsp3) is 0.650. The summed E-state index contributed by atoms with van der Waals surface area (Å²) in [6.45, 7) is 10.6. The summed E-state index contributed by atoms with van der Waals surface area (Å²) < 4.78 is 39.7. The van der Waals surface area contributed by atoms with Crippen molar-refractivity contribution in [2.24, 2.45) is 17.8 Å². The lowest BCUT2D eigenvalue weighted by atomic mass is 9.85. The van der Waals surface area contributed by atoms with Crippen LogP contribution < -0.4 is 24.4 Å². The number of carbonyl (C=O) groups is 4. The SMILES string of the molecule is COc1ccc2c(O[C@@H]3C[C@H]4C(=O)N[C@]5(C(=O)NS(=O)(=O)C6(C)CC6)C[C@H]5C=CCC[C@H](C)C[C@@H](C)[C@H](N(C(=O)O)C(C)(C)C)C(=O)N4C3)nc(N(C)C)nc2c1. The number of rotatable bonds is 8. The van der Waals surface area contributed by atoms with Gasteiger partial charge in [0.05, 0.1) is 29.3 Å². The van der Waals surface area contributed by atoms with E-state index in [9.17, 15) is 27.9 Å². The number of ether oxygens (including phenoxy) is 2. The van der Waals surface area contributed by atoms with Gasteiger partial charge >= 0.3 is 6.09 Å². The van der Waals surface area contributed by atoms with Crippen LogP contribution in [0.1, 0.15) is 86.5 Å². The van der Waals surface area contributed by atoms with Gasteiger partial charge in [0, 0.05) is 38.0 Å². The van der Waals surface area contributed by atoms with Crippen molar-refractivity contribution >= 4 is 50.7 Å². The van der Waals surface area contributed by atoms with Crippen LogP contribution in [-0.4, -0.2) is 119 Å². The first-order valence-electron chi connectivity index (χ1n) is 19.7. The van der Waals surface area contributed by atoms with Crippen LogP contribution in [0.3, 0.4) is 0 Å². The van der Waals surface area contributed by atoms with Crippen LogP contribution in [0, 0.1) is 17.8 Å². The van der Waals surface area contributed by atoms with E-state index in [4.69, 9.17) is 9.47 Å².